The molecule has 0 heterocycles. The fourth-order valence-corrected chi connectivity index (χ4v) is 1.20. The molecule has 0 atom stereocenters. The average molecular weight is 257 g/mol. The third-order valence-electron chi connectivity index (χ3n) is 1.28. The van der Waals surface area contributed by atoms with Gasteiger partial charge in [0, 0.05) is 9.37 Å². The number of benzene rings is 1. The number of alkyl halides is 3. The molecule has 0 saturated carbocycles. The summed E-state index contributed by atoms with van der Waals surface area (Å²) in [6.07, 6.45) is -4.29. The largest absolute Gasteiger partial charge is 0.416 e. The lowest BCUT2D eigenvalue weighted by Gasteiger charge is -2.07. The van der Waals surface area contributed by atoms with Crippen molar-refractivity contribution in [3.63, 3.8) is 0 Å². The zero-order valence-corrected chi connectivity index (χ0v) is 8.17. The van der Waals surface area contributed by atoms with E-state index in [1.54, 1.807) is 0 Å². The minimum Gasteiger partial charge on any atom is -0.166 e. The normalized spacial score (nSPS) is 11.8. The summed E-state index contributed by atoms with van der Waals surface area (Å²) in [7, 11) is 0. The zero-order chi connectivity index (χ0) is 9.35. The molecule has 0 unspecified atom stereocenters. The van der Waals surface area contributed by atoms with Gasteiger partial charge in [-0.25, -0.2) is 0 Å². The Kier molecular flexibility index (Phi) is 2.73. The van der Waals surface area contributed by atoms with Crippen LogP contribution in [0, 0.1) is 0 Å². The summed E-state index contributed by atoms with van der Waals surface area (Å²) < 4.78 is 36.5. The van der Waals surface area contributed by atoms with E-state index in [9.17, 15) is 13.2 Å². The molecule has 12 heavy (non-hydrogen) atoms. The quantitative estimate of drug-likeness (QED) is 0.672. The van der Waals surface area contributed by atoms with Crippen LogP contribution in [0.2, 0.25) is 0 Å². The van der Waals surface area contributed by atoms with Gasteiger partial charge in [-0.3, -0.25) is 0 Å². The number of thiol groups is 1. The van der Waals surface area contributed by atoms with Crippen LogP contribution < -0.4 is 0 Å². The third kappa shape index (κ3) is 2.17. The summed E-state index contributed by atoms with van der Waals surface area (Å²) in [6.45, 7) is 0. The molecule has 66 valence electrons. The van der Waals surface area contributed by atoms with Gasteiger partial charge in [0.05, 0.1) is 5.56 Å². The Bertz CT molecular complexity index is 295. The van der Waals surface area contributed by atoms with Crippen molar-refractivity contribution >= 4 is 28.6 Å². The topological polar surface area (TPSA) is 0 Å². The van der Waals surface area contributed by atoms with E-state index in [2.05, 4.69) is 28.6 Å². The van der Waals surface area contributed by atoms with Gasteiger partial charge in [0.25, 0.3) is 0 Å². The van der Waals surface area contributed by atoms with Crippen LogP contribution in [-0.4, -0.2) is 0 Å². The van der Waals surface area contributed by atoms with E-state index >= 15 is 0 Å². The Morgan fingerprint density at radius 1 is 1.25 bits per heavy atom. The lowest BCUT2D eigenvalue weighted by Crippen LogP contribution is -2.04. The smallest absolute Gasteiger partial charge is 0.166 e. The van der Waals surface area contributed by atoms with E-state index in [4.69, 9.17) is 0 Å². The summed E-state index contributed by atoms with van der Waals surface area (Å²) in [5, 5.41) is 0. The van der Waals surface area contributed by atoms with Crippen LogP contribution in [0.25, 0.3) is 0 Å². The van der Waals surface area contributed by atoms with Crippen molar-refractivity contribution in [1.29, 1.82) is 0 Å². The van der Waals surface area contributed by atoms with Crippen LogP contribution in [-0.2, 0) is 6.18 Å². The van der Waals surface area contributed by atoms with Crippen molar-refractivity contribution < 1.29 is 13.2 Å². The molecule has 0 N–H and O–H groups in total. The van der Waals surface area contributed by atoms with E-state index in [1.807, 2.05) is 0 Å². The number of hydrogen-bond donors (Lipinski definition) is 1. The summed E-state index contributed by atoms with van der Waals surface area (Å²) >= 11 is 6.89. The lowest BCUT2D eigenvalue weighted by molar-refractivity contribution is -0.137. The van der Waals surface area contributed by atoms with E-state index in [1.165, 1.54) is 6.07 Å². The van der Waals surface area contributed by atoms with Gasteiger partial charge in [-0.05, 0) is 34.1 Å². The first-order valence-electron chi connectivity index (χ1n) is 2.97. The molecule has 0 radical (unpaired) electrons. The molecule has 0 aromatic heterocycles. The molecule has 0 aliphatic heterocycles. The van der Waals surface area contributed by atoms with Gasteiger partial charge < -0.3 is 0 Å². The second kappa shape index (κ2) is 3.30. The molecule has 0 aliphatic rings. The van der Waals surface area contributed by atoms with Crippen molar-refractivity contribution in [2.75, 3.05) is 0 Å². The van der Waals surface area contributed by atoms with Gasteiger partial charge in [-0.2, -0.15) is 13.2 Å². The minimum atomic E-state index is -4.29. The van der Waals surface area contributed by atoms with E-state index in [0.717, 1.165) is 12.1 Å². The highest BCUT2D eigenvalue weighted by Crippen LogP contribution is 2.32. The highest BCUT2D eigenvalue weighted by Gasteiger charge is 2.30. The SMILES string of the molecule is FC(F)(F)c1ccc(S)c(Br)c1. The fraction of sp³-hybridized carbons (Fsp3) is 0.143. The Morgan fingerprint density at radius 3 is 2.25 bits per heavy atom. The monoisotopic (exact) mass is 256 g/mol. The summed E-state index contributed by atoms with van der Waals surface area (Å²) in [5.74, 6) is 0. The molecule has 1 rings (SSSR count). The summed E-state index contributed by atoms with van der Waals surface area (Å²) in [5.41, 5.74) is -0.674. The van der Waals surface area contributed by atoms with Gasteiger partial charge in [-0.15, -0.1) is 12.6 Å². The maximum absolute atomic E-state index is 12.1. The molecule has 0 saturated heterocycles. The predicted octanol–water partition coefficient (Wildman–Crippen LogP) is 3.76. The first kappa shape index (κ1) is 9.92. The second-order valence-corrected chi connectivity index (χ2v) is 3.50. The Labute approximate surface area is 81.3 Å². The second-order valence-electron chi connectivity index (χ2n) is 2.16. The molecule has 0 nitrogen and oxygen atoms in total. The number of rotatable bonds is 0. The van der Waals surface area contributed by atoms with Gasteiger partial charge in [0.1, 0.15) is 0 Å². The van der Waals surface area contributed by atoms with Gasteiger partial charge in [0.15, 0.2) is 0 Å². The Hall–Kier alpha value is -0.160. The van der Waals surface area contributed by atoms with E-state index < -0.39 is 11.7 Å². The first-order valence-corrected chi connectivity index (χ1v) is 4.21. The lowest BCUT2D eigenvalue weighted by atomic mass is 10.2. The van der Waals surface area contributed by atoms with Gasteiger partial charge in [-0.1, -0.05) is 0 Å². The number of hydrogen-bond acceptors (Lipinski definition) is 1. The van der Waals surface area contributed by atoms with E-state index in [-0.39, 0.29) is 0 Å². The highest BCUT2D eigenvalue weighted by atomic mass is 79.9. The molecule has 1 aromatic carbocycles. The number of halogens is 4. The van der Waals surface area contributed by atoms with Gasteiger partial charge in [0.2, 0.25) is 0 Å². The molecule has 5 heteroatoms. The predicted molar refractivity (Wildman–Crippen MR) is 46.4 cm³/mol. The highest BCUT2D eigenvalue weighted by molar-refractivity contribution is 9.10. The Morgan fingerprint density at radius 2 is 1.83 bits per heavy atom. The molecule has 0 amide bonds. The van der Waals surface area contributed by atoms with Crippen LogP contribution in [0.1, 0.15) is 5.56 Å². The Balaban J connectivity index is 3.14. The van der Waals surface area contributed by atoms with Crippen LogP contribution in [0.15, 0.2) is 27.6 Å². The van der Waals surface area contributed by atoms with E-state index in [0.29, 0.717) is 9.37 Å². The molecule has 0 spiro atoms. The standard InChI is InChI=1S/C7H4BrF3S/c8-5-3-4(7(9,10)11)1-2-6(5)12/h1-3,12H. The summed E-state index contributed by atoms with van der Waals surface area (Å²) in [4.78, 5) is 0.489. The van der Waals surface area contributed by atoms with Gasteiger partial charge >= 0.3 is 6.18 Å². The molecule has 0 aliphatic carbocycles. The van der Waals surface area contributed by atoms with Crippen LogP contribution >= 0.6 is 28.6 Å². The maximum atomic E-state index is 12.1. The van der Waals surface area contributed by atoms with Crippen molar-refractivity contribution in [3.8, 4) is 0 Å². The summed E-state index contributed by atoms with van der Waals surface area (Å²) in [6, 6.07) is 3.30. The molecular formula is C7H4BrF3S. The molecule has 1 aromatic rings. The minimum absolute atomic E-state index is 0.348. The fourth-order valence-electron chi connectivity index (χ4n) is 0.683. The molecule has 0 fully saturated rings. The van der Waals surface area contributed by atoms with Crippen molar-refractivity contribution in [1.82, 2.24) is 0 Å². The van der Waals surface area contributed by atoms with Crippen molar-refractivity contribution in [3.05, 3.63) is 28.2 Å². The third-order valence-corrected chi connectivity index (χ3v) is 2.63. The molecular weight excluding hydrogens is 253 g/mol. The van der Waals surface area contributed by atoms with Crippen LogP contribution in [0.3, 0.4) is 0 Å². The van der Waals surface area contributed by atoms with Crippen LogP contribution in [0.4, 0.5) is 13.2 Å². The van der Waals surface area contributed by atoms with Crippen molar-refractivity contribution in [2.24, 2.45) is 0 Å². The maximum Gasteiger partial charge on any atom is 0.416 e. The zero-order valence-electron chi connectivity index (χ0n) is 5.69. The molecule has 0 bridgehead atoms. The average Bonchev–Trinajstić information content (AvgIpc) is 1.92. The van der Waals surface area contributed by atoms with Crippen molar-refractivity contribution in [2.45, 2.75) is 11.1 Å². The first-order chi connectivity index (χ1) is 5.41. The van der Waals surface area contributed by atoms with Crippen LogP contribution in [0.5, 0.6) is 0 Å².